The molecule has 0 N–H and O–H groups in total. The summed E-state index contributed by atoms with van der Waals surface area (Å²) in [6, 6.07) is 5.85. The fraction of sp³-hybridized carbons (Fsp3) is 0.727. The van der Waals surface area contributed by atoms with Crippen molar-refractivity contribution in [1.82, 2.24) is 0 Å². The van der Waals surface area contributed by atoms with E-state index >= 15 is 0 Å². The molecule has 1 aromatic rings. The number of benzene rings is 1. The maximum atomic E-state index is 10.1. The van der Waals surface area contributed by atoms with Gasteiger partial charge in [0, 0.05) is 12.1 Å². The van der Waals surface area contributed by atoms with Gasteiger partial charge in [0.25, 0.3) is 5.69 Å². The van der Waals surface area contributed by atoms with Crippen LogP contribution in [0.25, 0.3) is 0 Å². The Morgan fingerprint density at radius 2 is 1.11 bits per heavy atom. The molecule has 0 aliphatic heterocycles. The van der Waals surface area contributed by atoms with Gasteiger partial charge in [-0.1, -0.05) is 65.5 Å². The molecule has 0 saturated carbocycles. The first kappa shape index (κ1) is 25.8. The highest BCUT2D eigenvalue weighted by molar-refractivity contribution is 7.58. The van der Waals surface area contributed by atoms with E-state index in [4.69, 9.17) is 12.6 Å². The van der Waals surface area contributed by atoms with Crippen molar-refractivity contribution >= 4 is 18.3 Å². The minimum atomic E-state index is -0.450. The van der Waals surface area contributed by atoms with Gasteiger partial charge >= 0.3 is 0 Å². The van der Waals surface area contributed by atoms with E-state index < -0.39 is 4.92 Å². The van der Waals surface area contributed by atoms with E-state index in [2.05, 4.69) is 27.7 Å². The number of nitro groups is 1. The Kier molecular flexibility index (Phi) is 15.1. The number of rotatable bonds is 13. The number of unbranched alkanes of at least 4 members (excludes halogenated alkanes) is 4. The zero-order valence-electron chi connectivity index (χ0n) is 17.9. The van der Waals surface area contributed by atoms with Crippen LogP contribution in [0, 0.1) is 10.1 Å². The summed E-state index contributed by atoms with van der Waals surface area (Å²) in [7, 11) is 0. The van der Waals surface area contributed by atoms with Crippen LogP contribution < -0.4 is 0 Å². The van der Waals surface area contributed by atoms with E-state index in [1.54, 1.807) is 0 Å². The summed E-state index contributed by atoms with van der Waals surface area (Å²) in [6.07, 6.45) is 11.1. The van der Waals surface area contributed by atoms with Gasteiger partial charge in [-0.2, -0.15) is 4.90 Å². The largest absolute Gasteiger partial charge is 0.780 e. The Bertz CT molecular complexity index is 454. The Labute approximate surface area is 172 Å². The van der Waals surface area contributed by atoms with Crippen molar-refractivity contribution in [3.63, 3.8) is 0 Å². The maximum absolute atomic E-state index is 10.1. The van der Waals surface area contributed by atoms with Crippen LogP contribution in [-0.2, 0) is 12.6 Å². The minimum Gasteiger partial charge on any atom is -0.780 e. The standard InChI is InChI=1S/C16H36N.C6H5NO2S/c1-5-9-13-17(14-10-6-2,15-11-7-3)16-12-8-4;8-7(9)5-1-3-6(10)4-2-5/h5-16H2,1-4H3;1-4,10H/q+1;/p-1. The van der Waals surface area contributed by atoms with Crippen molar-refractivity contribution in [3.05, 3.63) is 34.4 Å². The summed E-state index contributed by atoms with van der Waals surface area (Å²) in [6.45, 7) is 15.0. The van der Waals surface area contributed by atoms with Crippen molar-refractivity contribution in [2.75, 3.05) is 26.2 Å². The molecular weight excluding hydrogens is 356 g/mol. The maximum Gasteiger partial charge on any atom is 0.269 e. The first-order chi connectivity index (χ1) is 12.9. The van der Waals surface area contributed by atoms with Gasteiger partial charge in [-0.05, 0) is 25.7 Å². The molecule has 0 fully saturated rings. The predicted molar refractivity (Wildman–Crippen MR) is 118 cm³/mol. The van der Waals surface area contributed by atoms with E-state index in [9.17, 15) is 10.1 Å². The summed E-state index contributed by atoms with van der Waals surface area (Å²) in [5, 5.41) is 10.1. The highest BCUT2D eigenvalue weighted by Gasteiger charge is 2.24. The summed E-state index contributed by atoms with van der Waals surface area (Å²) >= 11 is 4.74. The molecule has 0 aliphatic carbocycles. The molecule has 1 rings (SSSR count). The fourth-order valence-corrected chi connectivity index (χ4v) is 3.35. The normalized spacial score (nSPS) is 11.0. The molecule has 0 unspecified atom stereocenters. The van der Waals surface area contributed by atoms with Crippen LogP contribution in [0.5, 0.6) is 0 Å². The molecule has 5 heteroatoms. The van der Waals surface area contributed by atoms with E-state index in [0.29, 0.717) is 4.90 Å². The second kappa shape index (κ2) is 15.8. The molecule has 1 aromatic carbocycles. The minimum absolute atomic E-state index is 0.0774. The Hall–Kier alpha value is -1.20. The third-order valence-corrected chi connectivity index (χ3v) is 5.26. The van der Waals surface area contributed by atoms with Gasteiger partial charge in [0.1, 0.15) is 0 Å². The number of hydrogen-bond donors (Lipinski definition) is 0. The smallest absolute Gasteiger partial charge is 0.269 e. The quantitative estimate of drug-likeness (QED) is 0.165. The second-order valence-electron chi connectivity index (χ2n) is 7.40. The van der Waals surface area contributed by atoms with Crippen LogP contribution in [-0.4, -0.2) is 35.6 Å². The number of nitrogens with zero attached hydrogens (tertiary/aromatic N) is 2. The zero-order valence-corrected chi connectivity index (χ0v) is 18.7. The first-order valence-electron chi connectivity index (χ1n) is 10.7. The van der Waals surface area contributed by atoms with Crippen LogP contribution in [0.1, 0.15) is 79.1 Å². The van der Waals surface area contributed by atoms with Crippen LogP contribution in [0.3, 0.4) is 0 Å². The molecule has 0 aromatic heterocycles. The summed E-state index contributed by atoms with van der Waals surface area (Å²) in [4.78, 5) is 10.3. The first-order valence-corrected chi connectivity index (χ1v) is 11.1. The Morgan fingerprint density at radius 1 is 0.778 bits per heavy atom. The fourth-order valence-electron chi connectivity index (χ4n) is 3.21. The Balaban J connectivity index is 0.000000569. The number of nitro benzene ring substituents is 1. The van der Waals surface area contributed by atoms with Crippen LogP contribution in [0.2, 0.25) is 0 Å². The highest BCUT2D eigenvalue weighted by atomic mass is 32.1. The third kappa shape index (κ3) is 12.0. The second-order valence-corrected chi connectivity index (χ2v) is 7.87. The van der Waals surface area contributed by atoms with Gasteiger partial charge < -0.3 is 17.1 Å². The average molecular weight is 397 g/mol. The molecular formula is C22H40N2O2S. The van der Waals surface area contributed by atoms with Crippen LogP contribution >= 0.6 is 0 Å². The molecule has 156 valence electrons. The zero-order chi connectivity index (χ0) is 20.5. The summed E-state index contributed by atoms with van der Waals surface area (Å²) in [5.74, 6) is 0. The molecule has 0 radical (unpaired) electrons. The molecule has 0 bridgehead atoms. The summed E-state index contributed by atoms with van der Waals surface area (Å²) < 4.78 is 1.42. The topological polar surface area (TPSA) is 43.1 Å². The SMILES string of the molecule is CCCC[N+](CCCC)(CCCC)CCCC.O=[N+]([O-])c1ccc([S-])cc1. The van der Waals surface area contributed by atoms with Crippen molar-refractivity contribution in [3.8, 4) is 0 Å². The van der Waals surface area contributed by atoms with Gasteiger partial charge in [0.2, 0.25) is 0 Å². The van der Waals surface area contributed by atoms with Crippen molar-refractivity contribution < 1.29 is 9.41 Å². The molecule has 0 spiro atoms. The van der Waals surface area contributed by atoms with Gasteiger partial charge in [0.05, 0.1) is 31.1 Å². The van der Waals surface area contributed by atoms with E-state index in [1.807, 2.05) is 0 Å². The number of non-ortho nitro benzene ring substituents is 1. The monoisotopic (exact) mass is 396 g/mol. The predicted octanol–water partition coefficient (Wildman–Crippen LogP) is 6.50. The lowest BCUT2D eigenvalue weighted by molar-refractivity contribution is -0.929. The van der Waals surface area contributed by atoms with Crippen LogP contribution in [0.15, 0.2) is 29.2 Å². The third-order valence-electron chi connectivity index (χ3n) is 4.99. The lowest BCUT2D eigenvalue weighted by Gasteiger charge is -2.39. The molecule has 0 saturated heterocycles. The van der Waals surface area contributed by atoms with E-state index in [-0.39, 0.29) is 5.69 Å². The van der Waals surface area contributed by atoms with Crippen molar-refractivity contribution in [1.29, 1.82) is 0 Å². The molecule has 0 aliphatic rings. The van der Waals surface area contributed by atoms with Crippen molar-refractivity contribution in [2.24, 2.45) is 0 Å². The van der Waals surface area contributed by atoms with E-state index in [0.717, 1.165) is 0 Å². The van der Waals surface area contributed by atoms with Crippen molar-refractivity contribution in [2.45, 2.75) is 84.0 Å². The van der Waals surface area contributed by atoms with Gasteiger partial charge in [0.15, 0.2) is 0 Å². The van der Waals surface area contributed by atoms with Gasteiger partial charge in [-0.25, -0.2) is 0 Å². The lowest BCUT2D eigenvalue weighted by Crippen LogP contribution is -2.50. The molecule has 0 heterocycles. The van der Waals surface area contributed by atoms with Crippen LogP contribution in [0.4, 0.5) is 5.69 Å². The molecule has 0 atom stereocenters. The van der Waals surface area contributed by atoms with Gasteiger partial charge in [-0.3, -0.25) is 10.1 Å². The molecule has 27 heavy (non-hydrogen) atoms. The number of hydrogen-bond acceptors (Lipinski definition) is 3. The lowest BCUT2D eigenvalue weighted by atomic mass is 10.1. The van der Waals surface area contributed by atoms with Gasteiger partial charge in [-0.15, -0.1) is 0 Å². The Morgan fingerprint density at radius 3 is 1.37 bits per heavy atom. The molecule has 4 nitrogen and oxygen atoms in total. The highest BCUT2D eigenvalue weighted by Crippen LogP contribution is 2.16. The van der Waals surface area contributed by atoms with E-state index in [1.165, 1.54) is 106 Å². The number of quaternary nitrogens is 1. The average Bonchev–Trinajstić information content (AvgIpc) is 2.68. The summed E-state index contributed by atoms with van der Waals surface area (Å²) in [5.41, 5.74) is 0.0774. The molecule has 0 amide bonds.